The number of piperazine rings is 1. The highest BCUT2D eigenvalue weighted by Gasteiger charge is 2.29. The summed E-state index contributed by atoms with van der Waals surface area (Å²) in [6.45, 7) is 2.84. The van der Waals surface area contributed by atoms with E-state index >= 15 is 0 Å². The van der Waals surface area contributed by atoms with Gasteiger partial charge in [0.15, 0.2) is 0 Å². The summed E-state index contributed by atoms with van der Waals surface area (Å²) >= 11 is 0. The standard InChI is InChI=1S/C21H25N3O4S/c25-24(26)20-8-5-17(6-9-20)16-22-11-13-23(14-12-22)29(27,28)21-10-7-18-3-1-2-4-19(18)15-21/h5-10,15H,1-4,11-14,16H2. The van der Waals surface area contributed by atoms with Crippen LogP contribution < -0.4 is 0 Å². The molecule has 0 aromatic heterocycles. The number of aryl methyl sites for hydroxylation is 2. The normalized spacial score (nSPS) is 18.3. The largest absolute Gasteiger partial charge is 0.296 e. The number of nitro benzene ring substituents is 1. The van der Waals surface area contributed by atoms with Crippen LogP contribution in [0.4, 0.5) is 5.69 Å². The van der Waals surface area contributed by atoms with Crippen molar-refractivity contribution < 1.29 is 13.3 Å². The highest BCUT2D eigenvalue weighted by atomic mass is 32.2. The fraction of sp³-hybridized carbons (Fsp3) is 0.429. The molecule has 0 amide bonds. The Morgan fingerprint density at radius 1 is 0.897 bits per heavy atom. The van der Waals surface area contributed by atoms with Gasteiger partial charge < -0.3 is 0 Å². The van der Waals surface area contributed by atoms with Crippen LogP contribution in [0.3, 0.4) is 0 Å². The third kappa shape index (κ3) is 4.34. The van der Waals surface area contributed by atoms with Crippen LogP contribution >= 0.6 is 0 Å². The quantitative estimate of drug-likeness (QED) is 0.554. The molecule has 29 heavy (non-hydrogen) atoms. The second kappa shape index (κ2) is 8.22. The Hall–Kier alpha value is -2.29. The lowest BCUT2D eigenvalue weighted by Crippen LogP contribution is -2.48. The maximum absolute atomic E-state index is 13.1. The summed E-state index contributed by atoms with van der Waals surface area (Å²) in [5.74, 6) is 0. The van der Waals surface area contributed by atoms with Gasteiger partial charge in [-0.05, 0) is 54.5 Å². The van der Waals surface area contributed by atoms with Crippen LogP contribution in [-0.2, 0) is 29.4 Å². The Kier molecular flexibility index (Phi) is 5.67. The lowest BCUT2D eigenvalue weighted by Gasteiger charge is -2.34. The lowest BCUT2D eigenvalue weighted by molar-refractivity contribution is -0.384. The molecule has 0 unspecified atom stereocenters. The SMILES string of the molecule is O=[N+]([O-])c1ccc(CN2CCN(S(=O)(=O)c3ccc4c(c3)CCCC4)CC2)cc1. The molecule has 0 bridgehead atoms. The van der Waals surface area contributed by atoms with E-state index in [1.54, 1.807) is 22.5 Å². The van der Waals surface area contributed by atoms with Crippen LogP contribution in [0.15, 0.2) is 47.4 Å². The average Bonchev–Trinajstić information content (AvgIpc) is 2.74. The number of benzene rings is 2. The van der Waals surface area contributed by atoms with Gasteiger partial charge in [0.25, 0.3) is 5.69 Å². The molecule has 8 heteroatoms. The van der Waals surface area contributed by atoms with E-state index in [0.29, 0.717) is 37.6 Å². The Morgan fingerprint density at radius 3 is 2.21 bits per heavy atom. The summed E-state index contributed by atoms with van der Waals surface area (Å²) in [7, 11) is -3.48. The summed E-state index contributed by atoms with van der Waals surface area (Å²) in [5.41, 5.74) is 3.52. The van der Waals surface area contributed by atoms with Crippen LogP contribution in [0.25, 0.3) is 0 Å². The molecular formula is C21H25N3O4S. The molecule has 0 radical (unpaired) electrons. The van der Waals surface area contributed by atoms with Crippen molar-refractivity contribution in [2.45, 2.75) is 37.1 Å². The van der Waals surface area contributed by atoms with Crippen molar-refractivity contribution in [2.75, 3.05) is 26.2 Å². The van der Waals surface area contributed by atoms with Crippen LogP contribution in [0.5, 0.6) is 0 Å². The predicted molar refractivity (Wildman–Crippen MR) is 110 cm³/mol. The molecule has 2 aromatic carbocycles. The van der Waals surface area contributed by atoms with Crippen LogP contribution in [0, 0.1) is 10.1 Å². The molecule has 2 aliphatic rings. The van der Waals surface area contributed by atoms with Gasteiger partial charge in [0, 0.05) is 44.9 Å². The van der Waals surface area contributed by atoms with Crippen molar-refractivity contribution >= 4 is 15.7 Å². The monoisotopic (exact) mass is 415 g/mol. The van der Waals surface area contributed by atoms with Gasteiger partial charge in [-0.3, -0.25) is 15.0 Å². The van der Waals surface area contributed by atoms with Gasteiger partial charge in [0.1, 0.15) is 0 Å². The molecule has 154 valence electrons. The number of fused-ring (bicyclic) bond motifs is 1. The Balaban J connectivity index is 1.39. The highest BCUT2D eigenvalue weighted by molar-refractivity contribution is 7.89. The number of sulfonamides is 1. The minimum Gasteiger partial charge on any atom is -0.296 e. The van der Waals surface area contributed by atoms with Gasteiger partial charge >= 0.3 is 0 Å². The molecule has 7 nitrogen and oxygen atoms in total. The summed E-state index contributed by atoms with van der Waals surface area (Å²) in [5, 5.41) is 10.8. The van der Waals surface area contributed by atoms with E-state index in [2.05, 4.69) is 4.90 Å². The van der Waals surface area contributed by atoms with E-state index < -0.39 is 14.9 Å². The van der Waals surface area contributed by atoms with Crippen molar-refractivity contribution in [1.29, 1.82) is 0 Å². The molecule has 0 spiro atoms. The molecule has 1 heterocycles. The van der Waals surface area contributed by atoms with E-state index in [4.69, 9.17) is 0 Å². The molecule has 1 saturated heterocycles. The van der Waals surface area contributed by atoms with Gasteiger partial charge in [0.2, 0.25) is 10.0 Å². The molecule has 0 saturated carbocycles. The van der Waals surface area contributed by atoms with E-state index in [1.165, 1.54) is 29.7 Å². The minimum atomic E-state index is -3.48. The van der Waals surface area contributed by atoms with Crippen molar-refractivity contribution in [3.63, 3.8) is 0 Å². The first-order chi connectivity index (χ1) is 13.9. The molecule has 1 aliphatic carbocycles. The van der Waals surface area contributed by atoms with Gasteiger partial charge in [-0.25, -0.2) is 8.42 Å². The topological polar surface area (TPSA) is 83.8 Å². The number of nitro groups is 1. The molecule has 0 N–H and O–H groups in total. The fourth-order valence-corrected chi connectivity index (χ4v) is 5.60. The first-order valence-corrected chi connectivity index (χ1v) is 11.5. The summed E-state index contributed by atoms with van der Waals surface area (Å²) in [6, 6.07) is 12.1. The van der Waals surface area contributed by atoms with E-state index in [1.807, 2.05) is 12.1 Å². The van der Waals surface area contributed by atoms with Crippen molar-refractivity contribution in [2.24, 2.45) is 0 Å². The highest BCUT2D eigenvalue weighted by Crippen LogP contribution is 2.26. The maximum Gasteiger partial charge on any atom is 0.269 e. The summed E-state index contributed by atoms with van der Waals surface area (Å²) in [4.78, 5) is 12.9. The predicted octanol–water partition coefficient (Wildman–Crippen LogP) is 2.98. The minimum absolute atomic E-state index is 0.0784. The second-order valence-corrected chi connectivity index (χ2v) is 9.68. The Morgan fingerprint density at radius 2 is 1.55 bits per heavy atom. The summed E-state index contributed by atoms with van der Waals surface area (Å²) < 4.78 is 27.7. The number of nitrogens with zero attached hydrogens (tertiary/aromatic N) is 3. The van der Waals surface area contributed by atoms with E-state index in [-0.39, 0.29) is 5.69 Å². The van der Waals surface area contributed by atoms with Crippen LogP contribution in [0.2, 0.25) is 0 Å². The molecular weight excluding hydrogens is 390 g/mol. The lowest BCUT2D eigenvalue weighted by atomic mass is 9.92. The van der Waals surface area contributed by atoms with Gasteiger partial charge in [-0.2, -0.15) is 4.31 Å². The molecule has 1 aliphatic heterocycles. The van der Waals surface area contributed by atoms with Crippen molar-refractivity contribution in [3.05, 3.63) is 69.3 Å². The number of rotatable bonds is 5. The zero-order valence-corrected chi connectivity index (χ0v) is 17.1. The zero-order chi connectivity index (χ0) is 20.4. The number of hydrogen-bond donors (Lipinski definition) is 0. The van der Waals surface area contributed by atoms with Gasteiger partial charge in [-0.1, -0.05) is 18.2 Å². The Bertz CT molecular complexity index is 997. The fourth-order valence-electron chi connectivity index (χ4n) is 4.13. The number of non-ortho nitro benzene ring substituents is 1. The third-order valence-corrected chi connectivity index (χ3v) is 7.74. The summed E-state index contributed by atoms with van der Waals surface area (Å²) in [6.07, 6.45) is 4.30. The van der Waals surface area contributed by atoms with Gasteiger partial charge in [0.05, 0.1) is 9.82 Å². The van der Waals surface area contributed by atoms with Gasteiger partial charge in [-0.15, -0.1) is 0 Å². The second-order valence-electron chi connectivity index (χ2n) is 7.74. The molecule has 4 rings (SSSR count). The third-order valence-electron chi connectivity index (χ3n) is 5.84. The molecule has 1 fully saturated rings. The Labute approximate surface area is 171 Å². The van der Waals surface area contributed by atoms with Crippen molar-refractivity contribution in [1.82, 2.24) is 9.21 Å². The van der Waals surface area contributed by atoms with Crippen molar-refractivity contribution in [3.8, 4) is 0 Å². The first-order valence-electron chi connectivity index (χ1n) is 10.0. The number of hydrogen-bond acceptors (Lipinski definition) is 5. The van der Waals surface area contributed by atoms with Crippen LogP contribution in [0.1, 0.15) is 29.5 Å². The smallest absolute Gasteiger partial charge is 0.269 e. The maximum atomic E-state index is 13.1. The van der Waals surface area contributed by atoms with E-state index in [0.717, 1.165) is 24.8 Å². The van der Waals surface area contributed by atoms with Crippen LogP contribution in [-0.4, -0.2) is 48.7 Å². The molecule has 0 atom stereocenters. The molecule has 2 aromatic rings. The average molecular weight is 416 g/mol. The first kappa shape index (κ1) is 20.0. The zero-order valence-electron chi connectivity index (χ0n) is 16.3. The van der Waals surface area contributed by atoms with E-state index in [9.17, 15) is 18.5 Å².